The predicted octanol–water partition coefficient (Wildman–Crippen LogP) is 5.04. The maximum Gasteiger partial charge on any atom is 0.293 e. The Morgan fingerprint density at radius 1 is 1.07 bits per heavy atom. The molecule has 0 unspecified atom stereocenters. The zero-order chi connectivity index (χ0) is 29.6. The minimum Gasteiger partial charge on any atom is -0.392 e. The first kappa shape index (κ1) is 28.1. The molecule has 0 aliphatic carbocycles. The van der Waals surface area contributed by atoms with Crippen LogP contribution in [0.1, 0.15) is 46.4 Å². The number of thiophene rings is 1. The first-order valence-electron chi connectivity index (χ1n) is 14.1. The number of fused-ring (bicyclic) bond motifs is 1. The molecule has 4 heterocycles. The number of benzene rings is 2. The monoisotopic (exact) mass is 585 g/mol. The predicted molar refractivity (Wildman–Crippen MR) is 167 cm³/mol. The van der Waals surface area contributed by atoms with Crippen LogP contribution in [0.3, 0.4) is 0 Å². The topological polar surface area (TPSA) is 99.9 Å². The molecule has 1 fully saturated rings. The van der Waals surface area contributed by atoms with Gasteiger partial charge in [0.05, 0.1) is 42.6 Å². The molecule has 0 bridgehead atoms. The Bertz CT molecular complexity index is 1700. The zero-order valence-corrected chi connectivity index (χ0v) is 25.1. The van der Waals surface area contributed by atoms with Crippen LogP contribution >= 0.6 is 11.3 Å². The van der Waals surface area contributed by atoms with Gasteiger partial charge in [-0.1, -0.05) is 32.9 Å². The van der Waals surface area contributed by atoms with Crippen LogP contribution in [0.15, 0.2) is 59.5 Å². The van der Waals surface area contributed by atoms with Crippen LogP contribution in [0, 0.1) is 0 Å². The largest absolute Gasteiger partial charge is 0.392 e. The van der Waals surface area contributed by atoms with E-state index in [1.165, 1.54) is 9.44 Å². The van der Waals surface area contributed by atoms with Crippen molar-refractivity contribution in [2.45, 2.75) is 39.3 Å². The molecule has 9 nitrogen and oxygen atoms in total. The Balaban J connectivity index is 1.30. The van der Waals surface area contributed by atoms with E-state index in [4.69, 9.17) is 9.72 Å². The summed E-state index contributed by atoms with van der Waals surface area (Å²) in [4.78, 5) is 37.2. The Morgan fingerprint density at radius 3 is 2.48 bits per heavy atom. The van der Waals surface area contributed by atoms with Gasteiger partial charge < -0.3 is 29.5 Å². The van der Waals surface area contributed by atoms with E-state index in [0.29, 0.717) is 42.3 Å². The first-order chi connectivity index (χ1) is 20.1. The summed E-state index contributed by atoms with van der Waals surface area (Å²) >= 11 is 1.54. The number of morpholine rings is 1. The highest BCUT2D eigenvalue weighted by Crippen LogP contribution is 2.41. The van der Waals surface area contributed by atoms with Crippen molar-refractivity contribution in [2.75, 3.05) is 41.4 Å². The molecule has 1 amide bonds. The lowest BCUT2D eigenvalue weighted by molar-refractivity contribution is 0.0999. The number of nitrogens with zero attached hydrogens (tertiary/aromatic N) is 4. The lowest BCUT2D eigenvalue weighted by atomic mass is 9.94. The first-order valence-corrected chi connectivity index (χ1v) is 14.9. The van der Waals surface area contributed by atoms with E-state index >= 15 is 0 Å². The smallest absolute Gasteiger partial charge is 0.293 e. The average Bonchev–Trinajstić information content (AvgIpc) is 3.55. The number of hydrogen-bond donors (Lipinski definition) is 2. The van der Waals surface area contributed by atoms with Gasteiger partial charge in [0, 0.05) is 53.7 Å². The number of carbonyl (C=O) groups excluding carboxylic acids is 1. The van der Waals surface area contributed by atoms with Gasteiger partial charge in [-0.2, -0.15) is 0 Å². The highest BCUT2D eigenvalue weighted by Gasteiger charge is 2.34. The molecular formula is C32H35N5O4S. The van der Waals surface area contributed by atoms with E-state index in [0.717, 1.165) is 34.9 Å². The Morgan fingerprint density at radius 2 is 1.81 bits per heavy atom. The van der Waals surface area contributed by atoms with E-state index in [-0.39, 0.29) is 29.3 Å². The summed E-state index contributed by atoms with van der Waals surface area (Å²) in [5.74, 6) is 0.117. The van der Waals surface area contributed by atoms with Crippen LogP contribution in [-0.4, -0.2) is 46.9 Å². The molecule has 2 aliphatic heterocycles. The zero-order valence-electron chi connectivity index (χ0n) is 24.3. The molecule has 2 aliphatic rings. The van der Waals surface area contributed by atoms with Gasteiger partial charge in [-0.15, -0.1) is 11.3 Å². The molecule has 218 valence electrons. The van der Waals surface area contributed by atoms with Crippen LogP contribution < -0.4 is 20.7 Å². The quantitative estimate of drug-likeness (QED) is 0.327. The number of aryl methyl sites for hydroxylation is 1. The van der Waals surface area contributed by atoms with Crippen molar-refractivity contribution < 1.29 is 14.6 Å². The van der Waals surface area contributed by atoms with Gasteiger partial charge in [-0.25, -0.2) is 4.98 Å². The molecule has 1 saturated heterocycles. The van der Waals surface area contributed by atoms with Crippen molar-refractivity contribution in [3.63, 3.8) is 0 Å². The minimum atomic E-state index is -0.285. The fourth-order valence-electron chi connectivity index (χ4n) is 5.42. The van der Waals surface area contributed by atoms with Crippen molar-refractivity contribution in [3.05, 3.63) is 86.0 Å². The van der Waals surface area contributed by atoms with Crippen LogP contribution in [-0.2, 0) is 30.4 Å². The van der Waals surface area contributed by atoms with Gasteiger partial charge >= 0.3 is 0 Å². The molecule has 2 aromatic heterocycles. The average molecular weight is 586 g/mol. The lowest BCUT2D eigenvalue weighted by Gasteiger charge is -2.28. The summed E-state index contributed by atoms with van der Waals surface area (Å²) in [5.41, 5.74) is 4.97. The second-order valence-electron chi connectivity index (χ2n) is 11.7. The van der Waals surface area contributed by atoms with Gasteiger partial charge in [0.1, 0.15) is 0 Å². The molecule has 0 radical (unpaired) electrons. The number of anilines is 4. The number of ether oxygens (including phenoxy) is 1. The van der Waals surface area contributed by atoms with E-state index < -0.39 is 0 Å². The highest BCUT2D eigenvalue weighted by atomic mass is 32.1. The molecule has 0 atom stereocenters. The van der Waals surface area contributed by atoms with E-state index in [2.05, 4.69) is 37.1 Å². The number of aliphatic hydroxyl groups excluding tert-OH is 1. The second kappa shape index (κ2) is 11.0. The number of amides is 1. The lowest BCUT2D eigenvalue weighted by Crippen LogP contribution is -2.36. The normalized spacial score (nSPS) is 15.3. The second-order valence-corrected chi connectivity index (χ2v) is 12.8. The number of aromatic nitrogens is 2. The molecule has 6 rings (SSSR count). The maximum absolute atomic E-state index is 13.5. The molecule has 2 N–H and O–H groups in total. The number of hydrogen-bond acceptors (Lipinski definition) is 8. The summed E-state index contributed by atoms with van der Waals surface area (Å²) < 4.78 is 6.93. The number of rotatable bonds is 6. The van der Waals surface area contributed by atoms with Crippen LogP contribution in [0.5, 0.6) is 0 Å². The summed E-state index contributed by atoms with van der Waals surface area (Å²) in [6, 6.07) is 15.6. The third-order valence-corrected chi connectivity index (χ3v) is 9.36. The van der Waals surface area contributed by atoms with E-state index in [1.807, 2.05) is 42.5 Å². The van der Waals surface area contributed by atoms with Gasteiger partial charge in [0.2, 0.25) is 0 Å². The van der Waals surface area contributed by atoms with Gasteiger partial charge in [0.25, 0.3) is 11.5 Å². The van der Waals surface area contributed by atoms with Crippen molar-refractivity contribution in [1.29, 1.82) is 0 Å². The minimum absolute atomic E-state index is 0.0261. The Hall–Kier alpha value is -3.99. The van der Waals surface area contributed by atoms with Crippen molar-refractivity contribution >= 4 is 40.1 Å². The summed E-state index contributed by atoms with van der Waals surface area (Å²) in [5, 5.41) is 13.7. The summed E-state index contributed by atoms with van der Waals surface area (Å²) in [7, 11) is 1.68. The van der Waals surface area contributed by atoms with Crippen molar-refractivity contribution in [2.24, 2.45) is 7.05 Å². The molecule has 2 aromatic carbocycles. The number of aliphatic hydroxyl groups is 1. The highest BCUT2D eigenvalue weighted by molar-refractivity contribution is 7.14. The third kappa shape index (κ3) is 5.21. The van der Waals surface area contributed by atoms with E-state index in [9.17, 15) is 14.7 Å². The van der Waals surface area contributed by atoms with Gasteiger partial charge in [-0.3, -0.25) is 9.59 Å². The molecule has 0 saturated carbocycles. The number of nitrogens with one attached hydrogen (secondary N) is 1. The summed E-state index contributed by atoms with van der Waals surface area (Å²) in [6.07, 6.45) is 1.66. The number of carbonyl (C=O) groups is 1. The van der Waals surface area contributed by atoms with Crippen molar-refractivity contribution in [3.8, 4) is 11.3 Å². The Kier molecular flexibility index (Phi) is 7.38. The fraction of sp³-hybridized carbons (Fsp3) is 0.344. The third-order valence-electron chi connectivity index (χ3n) is 7.77. The van der Waals surface area contributed by atoms with Crippen LogP contribution in [0.2, 0.25) is 0 Å². The van der Waals surface area contributed by atoms with Gasteiger partial charge in [0.15, 0.2) is 5.82 Å². The molecule has 4 aromatic rings. The summed E-state index contributed by atoms with van der Waals surface area (Å²) in [6.45, 7) is 9.72. The molecule has 0 spiro atoms. The van der Waals surface area contributed by atoms with E-state index in [1.54, 1.807) is 29.5 Å². The molecular weight excluding hydrogens is 550 g/mol. The maximum atomic E-state index is 13.5. The fourth-order valence-corrected chi connectivity index (χ4v) is 6.60. The van der Waals surface area contributed by atoms with Crippen LogP contribution in [0.4, 0.5) is 22.9 Å². The van der Waals surface area contributed by atoms with Crippen LogP contribution in [0.25, 0.3) is 11.3 Å². The Labute approximate surface area is 249 Å². The SMILES string of the molecule is Cn1cc(-c2cccc(N3Cc4cc(C(C)(C)C)sc4C3=O)c2CO)nc(Nc2ccc(N3CCOCC3)cc2)c1=O. The molecule has 42 heavy (non-hydrogen) atoms. The molecule has 10 heteroatoms. The van der Waals surface area contributed by atoms with Gasteiger partial charge in [-0.05, 0) is 47.4 Å². The standard InChI is InChI=1S/C32H35N5O4S/c1-32(2,3)27-16-20-17-37(30(39)28(20)42-27)26-7-5-6-23(24(26)19-38)25-18-35(4)31(40)29(34-25)33-21-8-10-22(11-9-21)36-12-14-41-15-13-36/h5-11,16,18,38H,12-15,17,19H2,1-4H3,(H,33,34). The van der Waals surface area contributed by atoms with Crippen molar-refractivity contribution in [1.82, 2.24) is 9.55 Å².